The van der Waals surface area contributed by atoms with Crippen molar-refractivity contribution in [3.05, 3.63) is 388 Å². The van der Waals surface area contributed by atoms with Crippen LogP contribution in [0.25, 0.3) is 209 Å². The number of fused-ring (bicyclic) bond motifs is 13. The Morgan fingerprint density at radius 3 is 0.929 bits per heavy atom. The Morgan fingerprint density at radius 1 is 0.134 bits per heavy atom. The number of benzene rings is 20. The van der Waals surface area contributed by atoms with Crippen LogP contribution < -0.4 is 20.7 Å². The number of rotatable bonds is 10. The minimum Gasteiger partial charge on any atom is -0.0622 e. The third kappa shape index (κ3) is 10.5. The fraction of sp³-hybridized carbons (Fsp3) is 0.0364. The van der Waals surface area contributed by atoms with Gasteiger partial charge in [-0.1, -0.05) is 384 Å². The zero-order chi connectivity index (χ0) is 74.5. The zero-order valence-corrected chi connectivity index (χ0v) is 65.0. The van der Waals surface area contributed by atoms with Crippen LogP contribution in [-0.2, 0) is 0 Å². The summed E-state index contributed by atoms with van der Waals surface area (Å²) in [5.74, 6) is 0. The Kier molecular flexibility index (Phi) is 15.0. The average Bonchev–Trinajstić information content (AvgIpc) is 1.54. The highest BCUT2D eigenvalue weighted by Crippen LogP contribution is 2.51. The van der Waals surface area contributed by atoms with Crippen molar-refractivity contribution in [3.8, 4) is 134 Å². The first-order valence-corrected chi connectivity index (χ1v) is 45.4. The van der Waals surface area contributed by atoms with Gasteiger partial charge in [0, 0.05) is 0 Å². The number of hydrogen-bond acceptors (Lipinski definition) is 0. The molecule has 0 atom stereocenters. The van der Waals surface area contributed by atoms with Crippen molar-refractivity contribution in [2.24, 2.45) is 0 Å². The SMILES string of the molecule is C[Si]1(C)c2cc(-c3ccccc3)ccc2-c2cc3c(-c4ccc(-c5ccc(-c6ccc(-c7c8cc(-c9cccc%10ccccc9%10)ccc8c(-c8ccc9ccccc9c8)c8cc9c(cc78)[Si](C)(C)c7cc(-c8cccc%10ccccc8%10)ccc7-9)cc6)cc5)cc4)c4ccc(-c5ccccc5)cc4c(-c4ccccc4)c3cc21. The van der Waals surface area contributed by atoms with Crippen molar-refractivity contribution in [1.29, 1.82) is 0 Å². The van der Waals surface area contributed by atoms with E-state index >= 15 is 0 Å². The van der Waals surface area contributed by atoms with E-state index in [2.05, 4.69) is 414 Å². The molecule has 20 aromatic rings. The topological polar surface area (TPSA) is 0 Å². The van der Waals surface area contributed by atoms with Gasteiger partial charge in [-0.3, -0.25) is 0 Å². The van der Waals surface area contributed by atoms with Gasteiger partial charge in [-0.15, -0.1) is 0 Å². The molecule has 2 heterocycles. The Morgan fingerprint density at radius 2 is 0.429 bits per heavy atom. The maximum atomic E-state index is 2.65. The average molecular weight is 1450 g/mol. The highest BCUT2D eigenvalue weighted by Gasteiger charge is 2.41. The molecule has 22 rings (SSSR count). The molecule has 0 unspecified atom stereocenters. The lowest BCUT2D eigenvalue weighted by molar-refractivity contribution is 1.58. The Labute approximate surface area is 655 Å². The molecular formula is C110H76Si2. The molecule has 0 bridgehead atoms. The van der Waals surface area contributed by atoms with Crippen LogP contribution in [0.3, 0.4) is 0 Å². The zero-order valence-electron chi connectivity index (χ0n) is 63.0. The third-order valence-corrected chi connectivity index (χ3v) is 32.3. The van der Waals surface area contributed by atoms with Crippen LogP contribution in [0.15, 0.2) is 388 Å². The van der Waals surface area contributed by atoms with Crippen LogP contribution in [-0.4, -0.2) is 16.1 Å². The molecule has 0 saturated carbocycles. The summed E-state index contributed by atoms with van der Waals surface area (Å²) < 4.78 is 0. The highest BCUT2D eigenvalue weighted by atomic mass is 28.3. The van der Waals surface area contributed by atoms with Crippen molar-refractivity contribution in [3.63, 3.8) is 0 Å². The largest absolute Gasteiger partial charge is 0.113 e. The summed E-state index contributed by atoms with van der Waals surface area (Å²) in [5, 5.41) is 23.7. The molecular weight excluding hydrogens is 1380 g/mol. The molecule has 0 fully saturated rings. The quantitative estimate of drug-likeness (QED) is 0.0946. The van der Waals surface area contributed by atoms with Crippen molar-refractivity contribution in [2.75, 3.05) is 0 Å². The second-order valence-electron chi connectivity index (χ2n) is 32.1. The molecule has 0 aliphatic carbocycles. The van der Waals surface area contributed by atoms with Gasteiger partial charge in [0.2, 0.25) is 0 Å². The maximum Gasteiger partial charge on any atom is 0.113 e. The lowest BCUT2D eigenvalue weighted by atomic mass is 9.83. The molecule has 112 heavy (non-hydrogen) atoms. The van der Waals surface area contributed by atoms with Gasteiger partial charge in [0.25, 0.3) is 0 Å². The van der Waals surface area contributed by atoms with E-state index in [9.17, 15) is 0 Å². The standard InChI is InChI=1S/C110H76Si2/c1-111(2)103-63-83(70-24-10-6-11-25-70)52-56-91(103)95-65-99-101(67-105(95)111)108(78-29-12-7-13-30-78)97-61-82(69-22-8-5-9-23-69)53-58-93(97)107(99)79-47-42-74(43-48-79)72-38-40-73(41-39-72)75-44-49-80(50-45-75)109-98-62-84(89-36-20-32-76-27-16-18-34-87(76)89)55-59-94(98)110(86-51-46-71-26-14-15-31-81(71)60-86)100-66-96-92-57-54-85(64-104(92)112(3,4)106(96)68-102(100)109)90-37-21-33-77-28-17-19-35-88(77)90/h5-68H,1-4H3. The molecule has 20 aromatic carbocycles. The van der Waals surface area contributed by atoms with E-state index in [-0.39, 0.29) is 0 Å². The first-order chi connectivity index (χ1) is 55.0. The van der Waals surface area contributed by atoms with Crippen molar-refractivity contribution < 1.29 is 0 Å². The monoisotopic (exact) mass is 1450 g/mol. The van der Waals surface area contributed by atoms with Crippen LogP contribution in [0.2, 0.25) is 26.2 Å². The van der Waals surface area contributed by atoms with Crippen LogP contribution >= 0.6 is 0 Å². The summed E-state index contributed by atoms with van der Waals surface area (Å²) in [6, 6.07) is 148. The van der Waals surface area contributed by atoms with E-state index in [0.29, 0.717) is 0 Å². The highest BCUT2D eigenvalue weighted by molar-refractivity contribution is 7.04. The minimum atomic E-state index is -2.32. The van der Waals surface area contributed by atoms with Crippen LogP contribution in [0.1, 0.15) is 0 Å². The van der Waals surface area contributed by atoms with Crippen LogP contribution in [0, 0.1) is 0 Å². The van der Waals surface area contributed by atoms with E-state index < -0.39 is 16.1 Å². The van der Waals surface area contributed by atoms with E-state index in [1.54, 1.807) is 0 Å². The molecule has 0 saturated heterocycles. The predicted octanol–water partition coefficient (Wildman–Crippen LogP) is 28.0. The lowest BCUT2D eigenvalue weighted by Gasteiger charge is -2.23. The second-order valence-corrected chi connectivity index (χ2v) is 40.8. The molecule has 0 nitrogen and oxygen atoms in total. The molecule has 2 aliphatic heterocycles. The summed E-state index contributed by atoms with van der Waals surface area (Å²) >= 11 is 0. The van der Waals surface area contributed by atoms with Gasteiger partial charge in [-0.05, 0) is 260 Å². The maximum absolute atomic E-state index is 2.65. The van der Waals surface area contributed by atoms with Crippen molar-refractivity contribution in [1.82, 2.24) is 0 Å². The van der Waals surface area contributed by atoms with E-state index in [1.165, 1.54) is 230 Å². The normalized spacial score (nSPS) is 13.1. The molecule has 524 valence electrons. The van der Waals surface area contributed by atoms with Gasteiger partial charge in [0.05, 0.1) is 0 Å². The number of hydrogen-bond donors (Lipinski definition) is 0. The van der Waals surface area contributed by atoms with Gasteiger partial charge < -0.3 is 0 Å². The molecule has 2 heteroatoms. The first-order valence-electron chi connectivity index (χ1n) is 39.4. The molecule has 2 aliphatic rings. The fourth-order valence-corrected chi connectivity index (χ4v) is 25.7. The van der Waals surface area contributed by atoms with Crippen LogP contribution in [0.4, 0.5) is 0 Å². The minimum absolute atomic E-state index is 1.18. The second kappa shape index (κ2) is 25.6. The van der Waals surface area contributed by atoms with Crippen LogP contribution in [0.5, 0.6) is 0 Å². The van der Waals surface area contributed by atoms with Gasteiger partial charge in [0.1, 0.15) is 16.1 Å². The van der Waals surface area contributed by atoms with E-state index in [1.807, 2.05) is 0 Å². The van der Waals surface area contributed by atoms with Gasteiger partial charge in [-0.2, -0.15) is 0 Å². The smallest absolute Gasteiger partial charge is 0.0622 e. The molecule has 0 N–H and O–H groups in total. The molecule has 0 radical (unpaired) electrons. The summed E-state index contributed by atoms with van der Waals surface area (Å²) in [6.45, 7) is 10.3. The Bertz CT molecular complexity index is 7280. The summed E-state index contributed by atoms with van der Waals surface area (Å²) in [4.78, 5) is 0. The van der Waals surface area contributed by atoms with Gasteiger partial charge in [-0.25, -0.2) is 0 Å². The summed E-state index contributed by atoms with van der Waals surface area (Å²) in [7, 11) is -4.51. The van der Waals surface area contributed by atoms with Crippen molar-refractivity contribution in [2.45, 2.75) is 26.2 Å². The summed E-state index contributed by atoms with van der Waals surface area (Å²) in [6.07, 6.45) is 0. The molecule has 0 spiro atoms. The lowest BCUT2D eigenvalue weighted by Crippen LogP contribution is -2.49. The Hall–Kier alpha value is -13.3. The van der Waals surface area contributed by atoms with Gasteiger partial charge in [0.15, 0.2) is 0 Å². The third-order valence-electron chi connectivity index (χ3n) is 25.2. The molecule has 0 amide bonds. The van der Waals surface area contributed by atoms with Gasteiger partial charge >= 0.3 is 0 Å². The predicted molar refractivity (Wildman–Crippen MR) is 488 cm³/mol. The fourth-order valence-electron chi connectivity index (χ4n) is 19.5. The summed E-state index contributed by atoms with van der Waals surface area (Å²) in [5.41, 5.74) is 30.1. The molecule has 0 aromatic heterocycles. The van der Waals surface area contributed by atoms with E-state index in [4.69, 9.17) is 0 Å². The van der Waals surface area contributed by atoms with E-state index in [0.717, 1.165) is 0 Å². The Balaban J connectivity index is 0.671. The van der Waals surface area contributed by atoms with Crippen molar-refractivity contribution >= 4 is 112 Å². The first kappa shape index (κ1) is 65.7.